The summed E-state index contributed by atoms with van der Waals surface area (Å²) < 4.78 is 24.1. The van der Waals surface area contributed by atoms with E-state index in [0.717, 1.165) is 55.6 Å². The van der Waals surface area contributed by atoms with Gasteiger partial charge in [0.25, 0.3) is 0 Å². The number of nitrogens with one attached hydrogen (secondary N) is 2. The van der Waals surface area contributed by atoms with Gasteiger partial charge in [0, 0.05) is 38.3 Å². The van der Waals surface area contributed by atoms with E-state index in [1.54, 1.807) is 20.3 Å². The monoisotopic (exact) mass is 542 g/mol. The van der Waals surface area contributed by atoms with E-state index < -0.39 is 0 Å². The molecule has 0 radical (unpaired) electrons. The van der Waals surface area contributed by atoms with Crippen LogP contribution < -0.4 is 20.1 Å². The molecule has 0 spiro atoms. The number of hydrogen-bond acceptors (Lipinski definition) is 4. The maximum atomic E-state index is 13.4. The lowest BCUT2D eigenvalue weighted by molar-refractivity contribution is 0.321. The second-order valence-electron chi connectivity index (χ2n) is 7.41. The van der Waals surface area contributed by atoms with Crippen molar-refractivity contribution in [1.29, 1.82) is 0 Å². The smallest absolute Gasteiger partial charge is 0.191 e. The van der Waals surface area contributed by atoms with Crippen LogP contribution >= 0.6 is 24.0 Å². The highest BCUT2D eigenvalue weighted by Crippen LogP contribution is 2.24. The highest BCUT2D eigenvalue weighted by molar-refractivity contribution is 14.0. The number of hydrogen-bond donors (Lipinski definition) is 2. The third kappa shape index (κ3) is 7.84. The number of ether oxygens (including phenoxy) is 2. The molecule has 1 atom stereocenters. The molecule has 2 aromatic carbocycles. The molecular weight excluding hydrogens is 510 g/mol. The first-order valence-corrected chi connectivity index (χ1v) is 10.3. The molecule has 1 aliphatic heterocycles. The largest absolute Gasteiger partial charge is 0.497 e. The summed E-state index contributed by atoms with van der Waals surface area (Å²) >= 11 is 0. The van der Waals surface area contributed by atoms with Crippen molar-refractivity contribution < 1.29 is 13.9 Å². The molecule has 2 N–H and O–H groups in total. The summed E-state index contributed by atoms with van der Waals surface area (Å²) in [6.45, 7) is 6.01. The average Bonchev–Trinajstić information content (AvgIpc) is 3.18. The molecule has 1 aliphatic rings. The van der Waals surface area contributed by atoms with Gasteiger partial charge in [0.2, 0.25) is 0 Å². The van der Waals surface area contributed by atoms with Crippen molar-refractivity contribution in [3.8, 4) is 11.5 Å². The van der Waals surface area contributed by atoms with Crippen molar-refractivity contribution in [3.05, 3.63) is 59.4 Å². The zero-order valence-electron chi connectivity index (χ0n) is 18.4. The van der Waals surface area contributed by atoms with Gasteiger partial charge in [-0.25, -0.2) is 9.38 Å². The van der Waals surface area contributed by atoms with Crippen LogP contribution in [0.4, 0.5) is 4.39 Å². The number of rotatable bonds is 8. The van der Waals surface area contributed by atoms with Crippen LogP contribution in [0, 0.1) is 5.82 Å². The number of methoxy groups -OCH3 is 2. The lowest BCUT2D eigenvalue weighted by atomic mass is 10.2. The van der Waals surface area contributed by atoms with Crippen LogP contribution in [0.5, 0.6) is 11.5 Å². The Morgan fingerprint density at radius 2 is 1.87 bits per heavy atom. The molecule has 1 unspecified atom stereocenters. The second kappa shape index (κ2) is 12.7. The lowest BCUT2D eigenvalue weighted by Gasteiger charge is -2.19. The van der Waals surface area contributed by atoms with Crippen molar-refractivity contribution >= 4 is 29.9 Å². The maximum Gasteiger partial charge on any atom is 0.191 e. The zero-order valence-corrected chi connectivity index (χ0v) is 20.7. The van der Waals surface area contributed by atoms with Gasteiger partial charge in [0.1, 0.15) is 17.3 Å². The Bertz CT molecular complexity index is 843. The van der Waals surface area contributed by atoms with Gasteiger partial charge in [0.15, 0.2) is 5.96 Å². The number of benzene rings is 2. The van der Waals surface area contributed by atoms with Crippen LogP contribution in [0.3, 0.4) is 0 Å². The molecular formula is C23H32FIN4O2. The molecule has 170 valence electrons. The number of likely N-dealkylation sites (tertiary alicyclic amines) is 1. The summed E-state index contributed by atoms with van der Waals surface area (Å²) in [6.07, 6.45) is 1.03. The lowest BCUT2D eigenvalue weighted by Crippen LogP contribution is -2.44. The van der Waals surface area contributed by atoms with Crippen molar-refractivity contribution in [2.24, 2.45) is 4.99 Å². The Morgan fingerprint density at radius 1 is 1.13 bits per heavy atom. The molecule has 6 nitrogen and oxygen atoms in total. The Morgan fingerprint density at radius 3 is 2.52 bits per heavy atom. The zero-order chi connectivity index (χ0) is 21.3. The van der Waals surface area contributed by atoms with Gasteiger partial charge >= 0.3 is 0 Å². The predicted molar refractivity (Wildman–Crippen MR) is 133 cm³/mol. The van der Waals surface area contributed by atoms with E-state index in [9.17, 15) is 4.39 Å². The van der Waals surface area contributed by atoms with Crippen molar-refractivity contribution in [3.63, 3.8) is 0 Å². The molecule has 1 fully saturated rings. The van der Waals surface area contributed by atoms with Gasteiger partial charge in [0.05, 0.1) is 20.8 Å². The summed E-state index contributed by atoms with van der Waals surface area (Å²) in [4.78, 5) is 7.02. The van der Waals surface area contributed by atoms with Crippen molar-refractivity contribution in [2.75, 3.05) is 33.9 Å². The number of nitrogens with zero attached hydrogens (tertiary/aromatic N) is 2. The topological polar surface area (TPSA) is 58.1 Å². The SMILES string of the molecule is CCNC(=NCc1cccc(F)c1)NC1CCN(Cc2cc(OC)cc(OC)c2)C1.I. The molecule has 1 saturated heterocycles. The number of halogens is 2. The van der Waals surface area contributed by atoms with Gasteiger partial charge < -0.3 is 20.1 Å². The fourth-order valence-electron chi connectivity index (χ4n) is 3.63. The Kier molecular flexibility index (Phi) is 10.3. The van der Waals surface area contributed by atoms with E-state index in [-0.39, 0.29) is 29.8 Å². The number of aliphatic imine (C=N–C) groups is 1. The molecule has 2 aromatic rings. The summed E-state index contributed by atoms with van der Waals surface area (Å²) in [5.41, 5.74) is 2.02. The Hall–Kier alpha value is -2.07. The first-order valence-electron chi connectivity index (χ1n) is 10.3. The summed E-state index contributed by atoms with van der Waals surface area (Å²) in [5.74, 6) is 2.13. The highest BCUT2D eigenvalue weighted by atomic mass is 127. The van der Waals surface area contributed by atoms with Crippen LogP contribution in [0.2, 0.25) is 0 Å². The minimum atomic E-state index is -0.235. The van der Waals surface area contributed by atoms with Crippen LogP contribution in [0.15, 0.2) is 47.5 Å². The molecule has 0 bridgehead atoms. The normalized spacial score (nSPS) is 16.5. The van der Waals surface area contributed by atoms with Crippen LogP contribution in [0.25, 0.3) is 0 Å². The molecule has 3 rings (SSSR count). The first-order chi connectivity index (χ1) is 14.6. The fraction of sp³-hybridized carbons (Fsp3) is 0.435. The van der Waals surface area contributed by atoms with Crippen LogP contribution in [-0.2, 0) is 13.1 Å². The molecule has 0 amide bonds. The van der Waals surface area contributed by atoms with Crippen LogP contribution in [0.1, 0.15) is 24.5 Å². The molecule has 0 aliphatic carbocycles. The van der Waals surface area contributed by atoms with E-state index >= 15 is 0 Å². The fourth-order valence-corrected chi connectivity index (χ4v) is 3.63. The molecule has 0 saturated carbocycles. The summed E-state index contributed by atoms with van der Waals surface area (Å²) in [5, 5.41) is 6.80. The van der Waals surface area contributed by atoms with Crippen molar-refractivity contribution in [2.45, 2.75) is 32.5 Å². The third-order valence-corrected chi connectivity index (χ3v) is 5.08. The van der Waals surface area contributed by atoms with E-state index in [0.29, 0.717) is 12.6 Å². The Labute approximate surface area is 201 Å². The maximum absolute atomic E-state index is 13.4. The quantitative estimate of drug-likeness (QED) is 0.302. The van der Waals surface area contributed by atoms with Gasteiger partial charge in [-0.3, -0.25) is 4.90 Å². The standard InChI is InChI=1S/C23H31FN4O2.HI/c1-4-25-23(26-14-17-6-5-7-19(24)10-17)27-20-8-9-28(16-20)15-18-11-21(29-2)13-22(12-18)30-3;/h5-7,10-13,20H,4,8-9,14-16H2,1-3H3,(H2,25,26,27);1H. The average molecular weight is 542 g/mol. The predicted octanol–water partition coefficient (Wildman–Crippen LogP) is 3.79. The van der Waals surface area contributed by atoms with E-state index in [2.05, 4.69) is 20.5 Å². The van der Waals surface area contributed by atoms with Gasteiger partial charge in [-0.05, 0) is 48.7 Å². The number of guanidine groups is 1. The highest BCUT2D eigenvalue weighted by Gasteiger charge is 2.23. The Balaban J connectivity index is 0.00000341. The van der Waals surface area contributed by atoms with Gasteiger partial charge in [-0.2, -0.15) is 0 Å². The van der Waals surface area contributed by atoms with E-state index in [1.165, 1.54) is 17.7 Å². The third-order valence-electron chi connectivity index (χ3n) is 5.08. The summed E-state index contributed by atoms with van der Waals surface area (Å²) in [7, 11) is 3.33. The molecule has 0 aromatic heterocycles. The van der Waals surface area contributed by atoms with E-state index in [4.69, 9.17) is 9.47 Å². The summed E-state index contributed by atoms with van der Waals surface area (Å²) in [6, 6.07) is 12.9. The molecule has 1 heterocycles. The first kappa shape index (κ1) is 25.2. The molecule has 8 heteroatoms. The van der Waals surface area contributed by atoms with Gasteiger partial charge in [-0.15, -0.1) is 24.0 Å². The second-order valence-corrected chi connectivity index (χ2v) is 7.41. The van der Waals surface area contributed by atoms with Crippen LogP contribution in [-0.4, -0.2) is 50.8 Å². The van der Waals surface area contributed by atoms with Crippen molar-refractivity contribution in [1.82, 2.24) is 15.5 Å². The minimum absolute atomic E-state index is 0. The van der Waals surface area contributed by atoms with E-state index in [1.807, 2.05) is 31.2 Å². The minimum Gasteiger partial charge on any atom is -0.497 e. The van der Waals surface area contributed by atoms with Gasteiger partial charge in [-0.1, -0.05) is 12.1 Å². The molecule has 31 heavy (non-hydrogen) atoms.